The molecule has 0 radical (unpaired) electrons. The second kappa shape index (κ2) is 6.58. The van der Waals surface area contributed by atoms with Crippen molar-refractivity contribution < 1.29 is 0 Å². The van der Waals surface area contributed by atoms with Crippen LogP contribution >= 0.6 is 11.8 Å². The second-order valence-electron chi connectivity index (χ2n) is 5.56. The second-order valence-corrected chi connectivity index (χ2v) is 6.55. The first-order valence-corrected chi connectivity index (χ1v) is 8.14. The third kappa shape index (κ3) is 3.83. The van der Waals surface area contributed by atoms with Gasteiger partial charge in [0.05, 0.1) is 0 Å². The Bertz CT molecular complexity index is 629. The van der Waals surface area contributed by atoms with Gasteiger partial charge in [0.25, 0.3) is 0 Å². The van der Waals surface area contributed by atoms with Gasteiger partial charge in [-0.1, -0.05) is 30.0 Å². The molecule has 0 aliphatic rings. The van der Waals surface area contributed by atoms with Crippen molar-refractivity contribution in [3.8, 4) is 0 Å². The third-order valence-corrected chi connectivity index (χ3v) is 4.93. The first kappa shape index (κ1) is 16.0. The Labute approximate surface area is 131 Å². The first-order chi connectivity index (χ1) is 9.88. The molecule has 0 saturated carbocycles. The number of rotatable bonds is 4. The summed E-state index contributed by atoms with van der Waals surface area (Å²) < 4.78 is 0. The highest BCUT2D eigenvalue weighted by atomic mass is 32.2. The molecule has 1 heterocycles. The summed E-state index contributed by atoms with van der Waals surface area (Å²) in [7, 11) is 0. The van der Waals surface area contributed by atoms with Gasteiger partial charge in [-0.25, -0.2) is 9.97 Å². The molecule has 1 aromatic carbocycles. The van der Waals surface area contributed by atoms with E-state index in [1.54, 1.807) is 11.8 Å². The van der Waals surface area contributed by atoms with Crippen molar-refractivity contribution in [1.29, 1.82) is 0 Å². The summed E-state index contributed by atoms with van der Waals surface area (Å²) in [5.41, 5.74) is 13.3. The van der Waals surface area contributed by atoms with E-state index >= 15 is 0 Å². The monoisotopic (exact) mass is 301 g/mol. The number of aromatic nitrogens is 2. The predicted octanol–water partition coefficient (Wildman–Crippen LogP) is 3.81. The van der Waals surface area contributed by atoms with Gasteiger partial charge in [-0.3, -0.25) is 0 Å². The first-order valence-electron chi connectivity index (χ1n) is 7.16. The number of nitrogens with two attached hydrogens (primary N) is 1. The van der Waals surface area contributed by atoms with Crippen LogP contribution in [0.25, 0.3) is 0 Å². The molecule has 2 aromatic rings. The molecule has 0 saturated heterocycles. The van der Waals surface area contributed by atoms with Crippen molar-refractivity contribution in [2.24, 2.45) is 5.73 Å². The highest BCUT2D eigenvalue weighted by molar-refractivity contribution is 7.99. The minimum atomic E-state index is -0.000171. The summed E-state index contributed by atoms with van der Waals surface area (Å²) in [6.07, 6.45) is 0. The standard InChI is InChI=1S/C17H23N3S/c1-10-6-7-15(8-11(10)2)16(18)9-21-17-19-13(4)12(3)14(5)20-17/h6-8,16H,9,18H2,1-5H3. The van der Waals surface area contributed by atoms with Gasteiger partial charge in [0, 0.05) is 23.2 Å². The molecule has 4 heteroatoms. The Morgan fingerprint density at radius 3 is 2.19 bits per heavy atom. The van der Waals surface area contributed by atoms with Crippen LogP contribution in [-0.4, -0.2) is 15.7 Å². The topological polar surface area (TPSA) is 51.8 Å². The molecule has 0 aliphatic heterocycles. The van der Waals surface area contributed by atoms with Crippen LogP contribution in [0.1, 0.15) is 39.7 Å². The van der Waals surface area contributed by atoms with E-state index in [0.29, 0.717) is 0 Å². The summed E-state index contributed by atoms with van der Waals surface area (Å²) in [4.78, 5) is 9.05. The number of hydrogen-bond donors (Lipinski definition) is 1. The molecule has 0 bridgehead atoms. The van der Waals surface area contributed by atoms with Crippen LogP contribution in [0.3, 0.4) is 0 Å². The average molecular weight is 301 g/mol. The molecule has 3 nitrogen and oxygen atoms in total. The summed E-state index contributed by atoms with van der Waals surface area (Å²) in [5.74, 6) is 0.782. The Balaban J connectivity index is 2.07. The van der Waals surface area contributed by atoms with E-state index in [2.05, 4.69) is 48.9 Å². The minimum absolute atomic E-state index is 0.000171. The van der Waals surface area contributed by atoms with Gasteiger partial charge < -0.3 is 5.73 Å². The van der Waals surface area contributed by atoms with E-state index in [1.807, 2.05) is 13.8 Å². The number of hydrogen-bond acceptors (Lipinski definition) is 4. The molecule has 1 aromatic heterocycles. The zero-order chi connectivity index (χ0) is 15.6. The fraction of sp³-hybridized carbons (Fsp3) is 0.412. The highest BCUT2D eigenvalue weighted by Gasteiger charge is 2.10. The number of nitrogens with zero attached hydrogens (tertiary/aromatic N) is 2. The van der Waals surface area contributed by atoms with Crippen LogP contribution in [0.15, 0.2) is 23.4 Å². The van der Waals surface area contributed by atoms with Gasteiger partial charge in [0.2, 0.25) is 0 Å². The van der Waals surface area contributed by atoms with E-state index < -0.39 is 0 Å². The van der Waals surface area contributed by atoms with Crippen molar-refractivity contribution in [2.75, 3.05) is 5.75 Å². The number of thioether (sulfide) groups is 1. The molecule has 21 heavy (non-hydrogen) atoms. The highest BCUT2D eigenvalue weighted by Crippen LogP contribution is 2.23. The fourth-order valence-corrected chi connectivity index (χ4v) is 2.99. The Kier molecular flexibility index (Phi) is 5.01. The van der Waals surface area contributed by atoms with Crippen LogP contribution in [-0.2, 0) is 0 Å². The number of aryl methyl sites for hydroxylation is 4. The van der Waals surface area contributed by atoms with E-state index in [1.165, 1.54) is 16.7 Å². The maximum atomic E-state index is 6.29. The van der Waals surface area contributed by atoms with Crippen molar-refractivity contribution >= 4 is 11.8 Å². The number of benzene rings is 1. The van der Waals surface area contributed by atoms with Gasteiger partial charge in [-0.2, -0.15) is 0 Å². The third-order valence-electron chi connectivity index (χ3n) is 3.96. The Morgan fingerprint density at radius 2 is 1.62 bits per heavy atom. The van der Waals surface area contributed by atoms with E-state index in [0.717, 1.165) is 27.9 Å². The van der Waals surface area contributed by atoms with Gasteiger partial charge in [-0.15, -0.1) is 0 Å². The zero-order valence-electron chi connectivity index (χ0n) is 13.4. The van der Waals surface area contributed by atoms with Crippen molar-refractivity contribution in [2.45, 2.75) is 45.8 Å². The molecule has 2 rings (SSSR count). The molecular weight excluding hydrogens is 278 g/mol. The quantitative estimate of drug-likeness (QED) is 0.689. The molecule has 2 N–H and O–H groups in total. The lowest BCUT2D eigenvalue weighted by Gasteiger charge is -2.13. The lowest BCUT2D eigenvalue weighted by atomic mass is 10.0. The van der Waals surface area contributed by atoms with Crippen LogP contribution in [0.4, 0.5) is 0 Å². The summed E-state index contributed by atoms with van der Waals surface area (Å²) in [5, 5.41) is 0.815. The Morgan fingerprint density at radius 1 is 1.00 bits per heavy atom. The molecule has 0 fully saturated rings. The molecule has 0 spiro atoms. The molecule has 112 valence electrons. The van der Waals surface area contributed by atoms with Crippen LogP contribution in [0, 0.1) is 34.6 Å². The summed E-state index contributed by atoms with van der Waals surface area (Å²) in [6, 6.07) is 6.42. The molecule has 1 atom stereocenters. The maximum absolute atomic E-state index is 6.29. The summed E-state index contributed by atoms with van der Waals surface area (Å²) >= 11 is 1.62. The van der Waals surface area contributed by atoms with Crippen LogP contribution < -0.4 is 5.73 Å². The molecular formula is C17H23N3S. The van der Waals surface area contributed by atoms with Crippen LogP contribution in [0.2, 0.25) is 0 Å². The van der Waals surface area contributed by atoms with Crippen molar-refractivity contribution in [1.82, 2.24) is 9.97 Å². The predicted molar refractivity (Wildman–Crippen MR) is 89.8 cm³/mol. The van der Waals surface area contributed by atoms with E-state index in [9.17, 15) is 0 Å². The van der Waals surface area contributed by atoms with Crippen LogP contribution in [0.5, 0.6) is 0 Å². The van der Waals surface area contributed by atoms with Crippen molar-refractivity contribution in [3.05, 3.63) is 51.8 Å². The van der Waals surface area contributed by atoms with Crippen molar-refractivity contribution in [3.63, 3.8) is 0 Å². The summed E-state index contributed by atoms with van der Waals surface area (Å²) in [6.45, 7) is 10.3. The Hall–Kier alpha value is -1.39. The lowest BCUT2D eigenvalue weighted by Crippen LogP contribution is -2.13. The van der Waals surface area contributed by atoms with E-state index in [-0.39, 0.29) is 6.04 Å². The fourth-order valence-electron chi connectivity index (χ4n) is 2.06. The van der Waals surface area contributed by atoms with Gasteiger partial charge in [0.15, 0.2) is 5.16 Å². The average Bonchev–Trinajstić information content (AvgIpc) is 2.44. The molecule has 0 aliphatic carbocycles. The van der Waals surface area contributed by atoms with Gasteiger partial charge in [-0.05, 0) is 56.9 Å². The SMILES string of the molecule is Cc1ccc(C(N)CSc2nc(C)c(C)c(C)n2)cc1C. The van der Waals surface area contributed by atoms with Gasteiger partial charge >= 0.3 is 0 Å². The minimum Gasteiger partial charge on any atom is -0.323 e. The maximum Gasteiger partial charge on any atom is 0.188 e. The normalized spacial score (nSPS) is 12.5. The molecule has 1 unspecified atom stereocenters. The lowest BCUT2D eigenvalue weighted by molar-refractivity contribution is 0.819. The zero-order valence-corrected chi connectivity index (χ0v) is 14.2. The molecule has 0 amide bonds. The van der Waals surface area contributed by atoms with Gasteiger partial charge in [0.1, 0.15) is 0 Å². The van der Waals surface area contributed by atoms with E-state index in [4.69, 9.17) is 5.73 Å². The largest absolute Gasteiger partial charge is 0.323 e. The smallest absolute Gasteiger partial charge is 0.188 e.